The monoisotopic (exact) mass is 579 g/mol. The zero-order chi connectivity index (χ0) is 30.1. The Labute approximate surface area is 248 Å². The Kier molecular flexibility index (Phi) is 11.1. The molecule has 4 N–H and O–H groups in total. The van der Waals surface area contributed by atoms with Crippen LogP contribution in [0, 0.1) is 5.92 Å². The molecule has 228 valence electrons. The average molecular weight is 580 g/mol. The summed E-state index contributed by atoms with van der Waals surface area (Å²) in [4.78, 5) is 53.7. The number of benzene rings is 1. The van der Waals surface area contributed by atoms with Crippen LogP contribution in [0.15, 0.2) is 36.5 Å². The molecule has 4 amide bonds. The standard InChI is InChI=1S/C31H45N7O4/c1-21(2)38-27(14-15-33-38)29(40)36-28(24-8-6-4-5-7-9-24)30(41)35-25-12-10-23(11-13-25)20-26(34-22(3)39)31(42)37-18-16-32-17-19-37/h10-15,21,24,26,28,32H,4-9,16-20H2,1-3H3,(H,34,39)(H,35,41)(H,36,40)/t26-,28+/m1/s1. The summed E-state index contributed by atoms with van der Waals surface area (Å²) in [6.07, 6.45) is 8.05. The van der Waals surface area contributed by atoms with Crippen LogP contribution >= 0.6 is 0 Å². The Morgan fingerprint density at radius 2 is 1.62 bits per heavy atom. The number of aromatic nitrogens is 2. The fraction of sp³-hybridized carbons (Fsp3) is 0.581. The molecule has 1 aromatic carbocycles. The van der Waals surface area contributed by atoms with E-state index in [9.17, 15) is 19.2 Å². The largest absolute Gasteiger partial charge is 0.344 e. The van der Waals surface area contributed by atoms with Crippen LogP contribution in [-0.2, 0) is 20.8 Å². The summed E-state index contributed by atoms with van der Waals surface area (Å²) < 4.78 is 1.66. The number of amides is 4. The lowest BCUT2D eigenvalue weighted by Gasteiger charge is -2.31. The molecule has 1 saturated heterocycles. The van der Waals surface area contributed by atoms with E-state index < -0.39 is 12.1 Å². The predicted molar refractivity (Wildman–Crippen MR) is 161 cm³/mol. The average Bonchev–Trinajstić information content (AvgIpc) is 3.33. The highest BCUT2D eigenvalue weighted by Gasteiger charge is 2.32. The van der Waals surface area contributed by atoms with E-state index >= 15 is 0 Å². The van der Waals surface area contributed by atoms with Gasteiger partial charge in [-0.3, -0.25) is 23.9 Å². The van der Waals surface area contributed by atoms with Gasteiger partial charge in [-0.1, -0.05) is 37.8 Å². The first-order valence-corrected chi connectivity index (χ1v) is 15.2. The van der Waals surface area contributed by atoms with E-state index in [0.717, 1.165) is 57.2 Å². The van der Waals surface area contributed by atoms with Crippen molar-refractivity contribution in [3.05, 3.63) is 47.8 Å². The van der Waals surface area contributed by atoms with Gasteiger partial charge < -0.3 is 26.2 Å². The first kappa shape index (κ1) is 31.2. The van der Waals surface area contributed by atoms with Crippen LogP contribution in [0.3, 0.4) is 0 Å². The highest BCUT2D eigenvalue weighted by Crippen LogP contribution is 2.27. The third-order valence-electron chi connectivity index (χ3n) is 8.10. The number of carbonyl (C=O) groups is 4. The third kappa shape index (κ3) is 8.40. The minimum absolute atomic E-state index is 0.0156. The van der Waals surface area contributed by atoms with Crippen molar-refractivity contribution in [1.82, 2.24) is 30.6 Å². The topological polar surface area (TPSA) is 137 Å². The van der Waals surface area contributed by atoms with E-state index in [4.69, 9.17) is 0 Å². The van der Waals surface area contributed by atoms with Crippen molar-refractivity contribution in [2.45, 2.75) is 83.8 Å². The Morgan fingerprint density at radius 3 is 2.24 bits per heavy atom. The molecule has 2 heterocycles. The van der Waals surface area contributed by atoms with Gasteiger partial charge in [0.2, 0.25) is 17.7 Å². The summed E-state index contributed by atoms with van der Waals surface area (Å²) in [5.41, 5.74) is 1.91. The number of carbonyl (C=O) groups excluding carboxylic acids is 4. The first-order chi connectivity index (χ1) is 20.2. The molecule has 0 radical (unpaired) electrons. The molecule has 1 aromatic heterocycles. The smallest absolute Gasteiger partial charge is 0.270 e. The zero-order valence-electron chi connectivity index (χ0n) is 25.0. The molecule has 0 bridgehead atoms. The second kappa shape index (κ2) is 14.9. The van der Waals surface area contributed by atoms with E-state index in [2.05, 4.69) is 26.4 Å². The molecule has 0 spiro atoms. The van der Waals surface area contributed by atoms with Gasteiger partial charge in [0, 0.05) is 57.4 Å². The summed E-state index contributed by atoms with van der Waals surface area (Å²) >= 11 is 0. The van der Waals surface area contributed by atoms with E-state index in [-0.39, 0.29) is 35.6 Å². The SMILES string of the molecule is CC(=O)N[C@H](Cc1ccc(NC(=O)[C@@H](NC(=O)c2ccnn2C(C)C)C2CCCCCC2)cc1)C(=O)N1CCNCC1. The number of nitrogens with zero attached hydrogens (tertiary/aromatic N) is 3. The van der Waals surface area contributed by atoms with Gasteiger partial charge in [-0.2, -0.15) is 5.10 Å². The van der Waals surface area contributed by atoms with Crippen molar-refractivity contribution in [2.24, 2.45) is 5.92 Å². The van der Waals surface area contributed by atoms with Crippen molar-refractivity contribution in [1.29, 1.82) is 0 Å². The Hall–Kier alpha value is -3.73. The number of anilines is 1. The minimum Gasteiger partial charge on any atom is -0.344 e. The fourth-order valence-corrected chi connectivity index (χ4v) is 5.89. The summed E-state index contributed by atoms with van der Waals surface area (Å²) in [6, 6.07) is 7.67. The molecule has 11 nitrogen and oxygen atoms in total. The van der Waals surface area contributed by atoms with Crippen molar-refractivity contribution >= 4 is 29.3 Å². The molecule has 4 rings (SSSR count). The van der Waals surface area contributed by atoms with Gasteiger partial charge in [0.05, 0.1) is 0 Å². The molecular weight excluding hydrogens is 534 g/mol. The quantitative estimate of drug-likeness (QED) is 0.320. The number of piperazine rings is 1. The van der Waals surface area contributed by atoms with Crippen LogP contribution in [0.1, 0.15) is 81.4 Å². The lowest BCUT2D eigenvalue weighted by molar-refractivity contribution is -0.136. The van der Waals surface area contributed by atoms with E-state index in [1.54, 1.807) is 34.0 Å². The Bertz CT molecular complexity index is 1210. The molecule has 2 aromatic rings. The van der Waals surface area contributed by atoms with Crippen LogP contribution in [0.4, 0.5) is 5.69 Å². The zero-order valence-corrected chi connectivity index (χ0v) is 25.0. The first-order valence-electron chi connectivity index (χ1n) is 15.2. The van der Waals surface area contributed by atoms with Crippen LogP contribution < -0.4 is 21.3 Å². The molecule has 42 heavy (non-hydrogen) atoms. The van der Waals surface area contributed by atoms with Crippen LogP contribution in [0.25, 0.3) is 0 Å². The number of hydrogen-bond donors (Lipinski definition) is 4. The molecular formula is C31H45N7O4. The minimum atomic E-state index is -0.674. The summed E-state index contributed by atoms with van der Waals surface area (Å²) in [5, 5.41) is 16.3. The molecule has 1 aliphatic heterocycles. The van der Waals surface area contributed by atoms with Crippen molar-refractivity contribution in [2.75, 3.05) is 31.5 Å². The van der Waals surface area contributed by atoms with Crippen molar-refractivity contribution < 1.29 is 19.2 Å². The van der Waals surface area contributed by atoms with E-state index in [0.29, 0.717) is 30.9 Å². The van der Waals surface area contributed by atoms with Gasteiger partial charge in [-0.25, -0.2) is 0 Å². The van der Waals surface area contributed by atoms with Crippen molar-refractivity contribution in [3.8, 4) is 0 Å². The molecule has 1 aliphatic carbocycles. The number of rotatable bonds is 10. The molecule has 2 aliphatic rings. The van der Waals surface area contributed by atoms with Crippen LogP contribution in [0.2, 0.25) is 0 Å². The second-order valence-corrected chi connectivity index (χ2v) is 11.7. The molecule has 1 saturated carbocycles. The fourth-order valence-electron chi connectivity index (χ4n) is 5.89. The van der Waals surface area contributed by atoms with Gasteiger partial charge >= 0.3 is 0 Å². The molecule has 0 unspecified atom stereocenters. The summed E-state index contributed by atoms with van der Waals surface area (Å²) in [6.45, 7) is 8.02. The maximum Gasteiger partial charge on any atom is 0.270 e. The number of hydrogen-bond acceptors (Lipinski definition) is 6. The third-order valence-corrected chi connectivity index (χ3v) is 8.10. The molecule has 2 fully saturated rings. The van der Waals surface area contributed by atoms with Gasteiger partial charge in [0.15, 0.2) is 0 Å². The maximum atomic E-state index is 13.6. The van der Waals surface area contributed by atoms with Crippen LogP contribution in [-0.4, -0.2) is 76.6 Å². The summed E-state index contributed by atoms with van der Waals surface area (Å²) in [5.74, 6) is -0.858. The highest BCUT2D eigenvalue weighted by molar-refractivity contribution is 6.00. The number of nitrogens with one attached hydrogen (secondary N) is 4. The van der Waals surface area contributed by atoms with Gasteiger partial charge in [-0.15, -0.1) is 0 Å². The second-order valence-electron chi connectivity index (χ2n) is 11.7. The van der Waals surface area contributed by atoms with E-state index in [1.807, 2.05) is 26.0 Å². The van der Waals surface area contributed by atoms with Gasteiger partial charge in [0.25, 0.3) is 5.91 Å². The van der Waals surface area contributed by atoms with Crippen molar-refractivity contribution in [3.63, 3.8) is 0 Å². The summed E-state index contributed by atoms with van der Waals surface area (Å²) in [7, 11) is 0. The van der Waals surface area contributed by atoms with Gasteiger partial charge in [-0.05, 0) is 56.4 Å². The normalized spacial score (nSPS) is 17.7. The molecule has 2 atom stereocenters. The predicted octanol–water partition coefficient (Wildman–Crippen LogP) is 2.65. The molecule has 11 heteroatoms. The maximum absolute atomic E-state index is 13.6. The Morgan fingerprint density at radius 1 is 0.952 bits per heavy atom. The van der Waals surface area contributed by atoms with E-state index in [1.165, 1.54) is 6.92 Å². The Balaban J connectivity index is 1.45. The highest BCUT2D eigenvalue weighted by atomic mass is 16.2. The van der Waals surface area contributed by atoms with Crippen LogP contribution in [0.5, 0.6) is 0 Å². The lowest BCUT2D eigenvalue weighted by Crippen LogP contribution is -2.54. The lowest BCUT2D eigenvalue weighted by atomic mass is 9.91. The van der Waals surface area contributed by atoms with Gasteiger partial charge in [0.1, 0.15) is 17.8 Å².